The van der Waals surface area contributed by atoms with Crippen LogP contribution in [0.1, 0.15) is 12.8 Å². The summed E-state index contributed by atoms with van der Waals surface area (Å²) in [4.78, 5) is 11.6. The van der Waals surface area contributed by atoms with Crippen LogP contribution in [-0.4, -0.2) is 31.6 Å². The van der Waals surface area contributed by atoms with Crippen molar-refractivity contribution in [3.05, 3.63) is 28.2 Å². The molecule has 19 heavy (non-hydrogen) atoms. The van der Waals surface area contributed by atoms with E-state index in [9.17, 15) is 4.79 Å². The number of hydrogen-bond acceptors (Lipinski definition) is 3. The molecule has 0 radical (unpaired) electrons. The third-order valence-corrected chi connectivity index (χ3v) is 3.49. The number of amides is 1. The minimum Gasteiger partial charge on any atom is -0.482 e. The van der Waals surface area contributed by atoms with Crippen molar-refractivity contribution in [2.45, 2.75) is 18.9 Å². The van der Waals surface area contributed by atoms with Crippen molar-refractivity contribution in [3.8, 4) is 5.75 Å². The zero-order valence-electron chi connectivity index (χ0n) is 10.4. The average molecular weight is 303 g/mol. The summed E-state index contributed by atoms with van der Waals surface area (Å²) in [6.07, 6.45) is 2.27. The number of ether oxygens (including phenoxy) is 1. The molecule has 1 atom stereocenters. The second-order valence-corrected chi connectivity index (χ2v) is 5.30. The lowest BCUT2D eigenvalue weighted by atomic mass is 10.2. The maximum atomic E-state index is 11.6. The monoisotopic (exact) mass is 302 g/mol. The topological polar surface area (TPSA) is 50.4 Å². The van der Waals surface area contributed by atoms with Gasteiger partial charge in [-0.1, -0.05) is 23.2 Å². The van der Waals surface area contributed by atoms with E-state index in [2.05, 4.69) is 10.6 Å². The van der Waals surface area contributed by atoms with Crippen molar-refractivity contribution in [1.82, 2.24) is 10.6 Å². The van der Waals surface area contributed by atoms with Gasteiger partial charge in [0.2, 0.25) is 0 Å². The van der Waals surface area contributed by atoms with Crippen LogP contribution in [-0.2, 0) is 4.79 Å². The summed E-state index contributed by atoms with van der Waals surface area (Å²) in [5.41, 5.74) is 0. The van der Waals surface area contributed by atoms with Crippen molar-refractivity contribution < 1.29 is 9.53 Å². The lowest BCUT2D eigenvalue weighted by Crippen LogP contribution is -2.39. The first-order valence-corrected chi connectivity index (χ1v) is 6.98. The number of rotatable bonds is 5. The van der Waals surface area contributed by atoms with E-state index >= 15 is 0 Å². The Morgan fingerprint density at radius 2 is 2.32 bits per heavy atom. The van der Waals surface area contributed by atoms with Gasteiger partial charge in [0.15, 0.2) is 6.61 Å². The minimum absolute atomic E-state index is 0.0475. The number of carbonyl (C=O) groups is 1. The third-order valence-electron chi connectivity index (χ3n) is 2.96. The van der Waals surface area contributed by atoms with E-state index in [0.717, 1.165) is 19.4 Å². The SMILES string of the molecule is O=C(COc1ccc(Cl)cc1Cl)NCC1CCCN1. The largest absolute Gasteiger partial charge is 0.482 e. The van der Waals surface area contributed by atoms with Gasteiger partial charge in [0.25, 0.3) is 5.91 Å². The summed E-state index contributed by atoms with van der Waals surface area (Å²) >= 11 is 11.7. The standard InChI is InChI=1S/C13H16Cl2N2O2/c14-9-3-4-12(11(15)6-9)19-8-13(18)17-7-10-2-1-5-16-10/h3-4,6,10,16H,1-2,5,7-8H2,(H,17,18). The molecule has 1 aliphatic rings. The van der Waals surface area contributed by atoms with Crippen molar-refractivity contribution in [2.24, 2.45) is 0 Å². The van der Waals surface area contributed by atoms with E-state index in [1.165, 1.54) is 0 Å². The zero-order chi connectivity index (χ0) is 13.7. The molecule has 1 fully saturated rings. The number of hydrogen-bond donors (Lipinski definition) is 2. The van der Waals surface area contributed by atoms with Gasteiger partial charge < -0.3 is 15.4 Å². The van der Waals surface area contributed by atoms with Crippen LogP contribution in [0, 0.1) is 0 Å². The van der Waals surface area contributed by atoms with Gasteiger partial charge in [0.1, 0.15) is 5.75 Å². The number of benzene rings is 1. The van der Waals surface area contributed by atoms with Crippen LogP contribution in [0.5, 0.6) is 5.75 Å². The van der Waals surface area contributed by atoms with Gasteiger partial charge in [-0.2, -0.15) is 0 Å². The molecule has 1 aromatic rings. The Bertz CT molecular complexity index is 448. The summed E-state index contributed by atoms with van der Waals surface area (Å²) in [5.74, 6) is 0.305. The first kappa shape index (κ1) is 14.4. The normalized spacial score (nSPS) is 18.3. The summed E-state index contributed by atoms with van der Waals surface area (Å²) in [5, 5.41) is 7.08. The highest BCUT2D eigenvalue weighted by Gasteiger charge is 2.14. The first-order chi connectivity index (χ1) is 9.15. The lowest BCUT2D eigenvalue weighted by Gasteiger charge is -2.12. The molecule has 1 unspecified atom stereocenters. The molecule has 1 aromatic carbocycles. The van der Waals surface area contributed by atoms with Gasteiger partial charge in [-0.05, 0) is 37.6 Å². The molecule has 6 heteroatoms. The summed E-state index contributed by atoms with van der Waals surface area (Å²) < 4.78 is 5.35. The van der Waals surface area contributed by atoms with E-state index in [-0.39, 0.29) is 12.5 Å². The maximum absolute atomic E-state index is 11.6. The van der Waals surface area contributed by atoms with E-state index in [1.807, 2.05) is 0 Å². The Labute approximate surface area is 122 Å². The van der Waals surface area contributed by atoms with E-state index < -0.39 is 0 Å². The van der Waals surface area contributed by atoms with Gasteiger partial charge in [-0.3, -0.25) is 4.79 Å². The Balaban J connectivity index is 1.73. The van der Waals surface area contributed by atoms with Crippen molar-refractivity contribution in [3.63, 3.8) is 0 Å². The Hall–Kier alpha value is -0.970. The molecule has 4 nitrogen and oxygen atoms in total. The van der Waals surface area contributed by atoms with Crippen molar-refractivity contribution in [2.75, 3.05) is 19.7 Å². The fraction of sp³-hybridized carbons (Fsp3) is 0.462. The maximum Gasteiger partial charge on any atom is 0.257 e. The molecule has 2 N–H and O–H groups in total. The molecule has 0 aliphatic carbocycles. The molecule has 0 spiro atoms. The summed E-state index contributed by atoms with van der Waals surface area (Å²) in [7, 11) is 0. The summed E-state index contributed by atoms with van der Waals surface area (Å²) in [6, 6.07) is 5.28. The van der Waals surface area contributed by atoms with Crippen LogP contribution in [0.15, 0.2) is 18.2 Å². The smallest absolute Gasteiger partial charge is 0.257 e. The van der Waals surface area contributed by atoms with Crippen molar-refractivity contribution >= 4 is 29.1 Å². The van der Waals surface area contributed by atoms with Crippen LogP contribution in [0.4, 0.5) is 0 Å². The fourth-order valence-corrected chi connectivity index (χ4v) is 2.42. The fourth-order valence-electron chi connectivity index (χ4n) is 1.95. The van der Waals surface area contributed by atoms with E-state index in [1.54, 1.807) is 18.2 Å². The highest BCUT2D eigenvalue weighted by atomic mass is 35.5. The molecule has 1 aliphatic heterocycles. The van der Waals surface area contributed by atoms with E-state index in [0.29, 0.717) is 28.4 Å². The van der Waals surface area contributed by atoms with Crippen molar-refractivity contribution in [1.29, 1.82) is 0 Å². The predicted molar refractivity (Wildman–Crippen MR) is 76.0 cm³/mol. The molecule has 0 bridgehead atoms. The van der Waals surface area contributed by atoms with Gasteiger partial charge in [-0.25, -0.2) is 0 Å². The Morgan fingerprint density at radius 1 is 1.47 bits per heavy atom. The number of nitrogens with one attached hydrogen (secondary N) is 2. The molecule has 1 heterocycles. The van der Waals surface area contributed by atoms with Gasteiger partial charge in [0.05, 0.1) is 5.02 Å². The second-order valence-electron chi connectivity index (χ2n) is 4.46. The second kappa shape index (κ2) is 6.98. The molecule has 0 aromatic heterocycles. The first-order valence-electron chi connectivity index (χ1n) is 6.23. The number of halogens is 2. The van der Waals surface area contributed by atoms with Crippen LogP contribution < -0.4 is 15.4 Å². The van der Waals surface area contributed by atoms with Crippen LogP contribution >= 0.6 is 23.2 Å². The lowest BCUT2D eigenvalue weighted by molar-refractivity contribution is -0.123. The molecule has 2 rings (SSSR count). The van der Waals surface area contributed by atoms with Gasteiger partial charge >= 0.3 is 0 Å². The molecule has 104 valence electrons. The molecule has 0 saturated carbocycles. The highest BCUT2D eigenvalue weighted by molar-refractivity contribution is 6.35. The molecule has 1 saturated heterocycles. The van der Waals surface area contributed by atoms with Crippen LogP contribution in [0.25, 0.3) is 0 Å². The quantitative estimate of drug-likeness (QED) is 0.877. The van der Waals surface area contributed by atoms with Crippen LogP contribution in [0.2, 0.25) is 10.0 Å². The van der Waals surface area contributed by atoms with Crippen LogP contribution in [0.3, 0.4) is 0 Å². The number of carbonyl (C=O) groups excluding carboxylic acids is 1. The Kier molecular flexibility index (Phi) is 5.31. The molecular weight excluding hydrogens is 287 g/mol. The molecule has 1 amide bonds. The minimum atomic E-state index is -0.153. The van der Waals surface area contributed by atoms with Gasteiger partial charge in [-0.15, -0.1) is 0 Å². The average Bonchev–Trinajstić information content (AvgIpc) is 2.88. The summed E-state index contributed by atoms with van der Waals surface area (Å²) in [6.45, 7) is 1.61. The van der Waals surface area contributed by atoms with Gasteiger partial charge in [0, 0.05) is 17.6 Å². The zero-order valence-corrected chi connectivity index (χ0v) is 11.9. The highest BCUT2D eigenvalue weighted by Crippen LogP contribution is 2.27. The predicted octanol–water partition coefficient (Wildman–Crippen LogP) is 2.24. The Morgan fingerprint density at radius 3 is 3.00 bits per heavy atom. The molecular formula is C13H16Cl2N2O2. The van der Waals surface area contributed by atoms with E-state index in [4.69, 9.17) is 27.9 Å². The third kappa shape index (κ3) is 4.56.